The van der Waals surface area contributed by atoms with Crippen LogP contribution in [0.2, 0.25) is 0 Å². The number of carbonyl (C=O) groups excluding carboxylic acids is 2. The van der Waals surface area contributed by atoms with E-state index in [1.54, 1.807) is 0 Å². The van der Waals surface area contributed by atoms with Gasteiger partial charge in [0.1, 0.15) is 0 Å². The minimum absolute atomic E-state index is 0.111. The summed E-state index contributed by atoms with van der Waals surface area (Å²) in [6, 6.07) is 0. The molecule has 0 N–H and O–H groups in total. The van der Waals surface area contributed by atoms with Crippen LogP contribution in [0.1, 0.15) is 110 Å². The van der Waals surface area contributed by atoms with E-state index >= 15 is 0 Å². The molecule has 1 fully saturated rings. The fraction of sp³-hybridized carbons (Fsp3) is 0.913. The van der Waals surface area contributed by atoms with Crippen LogP contribution < -0.4 is 0 Å². The molecule has 27 heavy (non-hydrogen) atoms. The van der Waals surface area contributed by atoms with E-state index in [0.29, 0.717) is 19.6 Å². The fourth-order valence-corrected chi connectivity index (χ4v) is 3.79. The van der Waals surface area contributed by atoms with E-state index in [4.69, 9.17) is 9.47 Å². The second kappa shape index (κ2) is 15.9. The van der Waals surface area contributed by atoms with Gasteiger partial charge in [-0.15, -0.1) is 0 Å². The number of rotatable bonds is 15. The van der Waals surface area contributed by atoms with Crippen molar-refractivity contribution in [2.45, 2.75) is 110 Å². The number of esters is 2. The molecule has 0 bridgehead atoms. The number of carbonyl (C=O) groups is 2. The predicted molar refractivity (Wildman–Crippen MR) is 110 cm³/mol. The average molecular weight is 383 g/mol. The largest absolute Gasteiger partial charge is 0.465 e. The van der Waals surface area contributed by atoms with Crippen LogP contribution in [0.3, 0.4) is 0 Å². The zero-order valence-corrected chi connectivity index (χ0v) is 17.8. The number of ether oxygens (including phenoxy) is 2. The third-order valence-corrected chi connectivity index (χ3v) is 5.58. The normalized spacial score (nSPS) is 19.6. The van der Waals surface area contributed by atoms with Gasteiger partial charge in [-0.05, 0) is 32.1 Å². The molecule has 4 nitrogen and oxygen atoms in total. The zero-order chi connectivity index (χ0) is 19.7. The Balaban J connectivity index is 2.15. The van der Waals surface area contributed by atoms with Crippen molar-refractivity contribution in [2.24, 2.45) is 11.8 Å². The summed E-state index contributed by atoms with van der Waals surface area (Å²) in [5.41, 5.74) is 0. The van der Waals surface area contributed by atoms with Crippen molar-refractivity contribution in [3.05, 3.63) is 0 Å². The Morgan fingerprint density at radius 1 is 0.667 bits per heavy atom. The molecule has 0 amide bonds. The van der Waals surface area contributed by atoms with Crippen molar-refractivity contribution in [1.82, 2.24) is 0 Å². The smallest absolute Gasteiger partial charge is 0.308 e. The molecule has 0 heterocycles. The first-order chi connectivity index (χ1) is 13.2. The highest BCUT2D eigenvalue weighted by Crippen LogP contribution is 2.31. The molecule has 2 atom stereocenters. The molecule has 1 aliphatic rings. The van der Waals surface area contributed by atoms with Crippen molar-refractivity contribution < 1.29 is 19.1 Å². The standard InChI is InChI=1S/C23H42O4/c1-3-5-7-9-11-13-18-27-23(25)21-16-14-15-20(19-21)22(24)26-17-12-10-8-6-4-2/h20-21H,3-19H2,1-2H3. The number of unbranched alkanes of at least 4 members (excludes halogenated alkanes) is 9. The molecule has 0 aromatic heterocycles. The molecule has 0 aromatic rings. The van der Waals surface area contributed by atoms with Gasteiger partial charge in [-0.25, -0.2) is 0 Å². The summed E-state index contributed by atoms with van der Waals surface area (Å²) in [6.45, 7) is 5.45. The maximum Gasteiger partial charge on any atom is 0.308 e. The Morgan fingerprint density at radius 2 is 1.07 bits per heavy atom. The van der Waals surface area contributed by atoms with Crippen LogP contribution in [0.5, 0.6) is 0 Å². The molecule has 158 valence electrons. The first-order valence-corrected chi connectivity index (χ1v) is 11.5. The Labute approximate surface area is 166 Å². The lowest BCUT2D eigenvalue weighted by atomic mass is 9.81. The molecule has 0 radical (unpaired) electrons. The van der Waals surface area contributed by atoms with E-state index in [1.807, 2.05) is 0 Å². The molecule has 0 aliphatic heterocycles. The fourth-order valence-electron chi connectivity index (χ4n) is 3.79. The first kappa shape index (κ1) is 24.0. The molecular formula is C23H42O4. The Bertz CT molecular complexity index is 394. The summed E-state index contributed by atoms with van der Waals surface area (Å²) in [5, 5.41) is 0. The SMILES string of the molecule is CCCCCCCCOC(=O)C1CCCC(C(=O)OCCCCCCC)C1. The van der Waals surface area contributed by atoms with Crippen LogP contribution in [-0.4, -0.2) is 25.2 Å². The maximum atomic E-state index is 12.3. The summed E-state index contributed by atoms with van der Waals surface area (Å²) < 4.78 is 10.9. The van der Waals surface area contributed by atoms with Gasteiger partial charge in [-0.3, -0.25) is 9.59 Å². The van der Waals surface area contributed by atoms with Crippen molar-refractivity contribution in [3.63, 3.8) is 0 Å². The van der Waals surface area contributed by atoms with Gasteiger partial charge in [0.2, 0.25) is 0 Å². The van der Waals surface area contributed by atoms with E-state index in [-0.39, 0.29) is 23.8 Å². The highest BCUT2D eigenvalue weighted by Gasteiger charge is 2.32. The van der Waals surface area contributed by atoms with E-state index in [9.17, 15) is 9.59 Å². The average Bonchev–Trinajstić information content (AvgIpc) is 2.69. The Hall–Kier alpha value is -1.06. The lowest BCUT2D eigenvalue weighted by Gasteiger charge is -2.26. The molecular weight excluding hydrogens is 340 g/mol. The molecule has 1 aliphatic carbocycles. The monoisotopic (exact) mass is 382 g/mol. The van der Waals surface area contributed by atoms with Gasteiger partial charge in [-0.1, -0.05) is 78.1 Å². The molecule has 2 unspecified atom stereocenters. The summed E-state index contributed by atoms with van der Waals surface area (Å²) in [6.07, 6.45) is 16.1. The van der Waals surface area contributed by atoms with Gasteiger partial charge >= 0.3 is 11.9 Å². The molecule has 1 rings (SSSR count). The van der Waals surface area contributed by atoms with Crippen molar-refractivity contribution in [2.75, 3.05) is 13.2 Å². The third kappa shape index (κ3) is 11.4. The van der Waals surface area contributed by atoms with E-state index in [2.05, 4.69) is 13.8 Å². The highest BCUT2D eigenvalue weighted by molar-refractivity contribution is 5.76. The minimum Gasteiger partial charge on any atom is -0.465 e. The molecule has 0 aromatic carbocycles. The van der Waals surface area contributed by atoms with Gasteiger partial charge in [0.25, 0.3) is 0 Å². The van der Waals surface area contributed by atoms with E-state index in [0.717, 1.165) is 44.9 Å². The van der Waals surface area contributed by atoms with Gasteiger partial charge in [-0.2, -0.15) is 0 Å². The van der Waals surface area contributed by atoms with Crippen LogP contribution in [0.25, 0.3) is 0 Å². The minimum atomic E-state index is -0.124. The van der Waals surface area contributed by atoms with E-state index in [1.165, 1.54) is 44.9 Å². The summed E-state index contributed by atoms with van der Waals surface area (Å²) in [7, 11) is 0. The van der Waals surface area contributed by atoms with Crippen molar-refractivity contribution in [1.29, 1.82) is 0 Å². The van der Waals surface area contributed by atoms with E-state index < -0.39 is 0 Å². The van der Waals surface area contributed by atoms with Crippen LogP contribution >= 0.6 is 0 Å². The molecule has 4 heteroatoms. The van der Waals surface area contributed by atoms with Crippen molar-refractivity contribution in [3.8, 4) is 0 Å². The lowest BCUT2D eigenvalue weighted by molar-refractivity contribution is -0.155. The van der Waals surface area contributed by atoms with Crippen LogP contribution in [-0.2, 0) is 19.1 Å². The van der Waals surface area contributed by atoms with Crippen LogP contribution in [0.4, 0.5) is 0 Å². The first-order valence-electron chi connectivity index (χ1n) is 11.5. The van der Waals surface area contributed by atoms with Gasteiger partial charge in [0.15, 0.2) is 0 Å². The lowest BCUT2D eigenvalue weighted by Crippen LogP contribution is -2.30. The highest BCUT2D eigenvalue weighted by atomic mass is 16.5. The Kier molecular flexibility index (Phi) is 14.2. The topological polar surface area (TPSA) is 52.6 Å². The zero-order valence-electron chi connectivity index (χ0n) is 17.8. The summed E-state index contributed by atoms with van der Waals surface area (Å²) in [5.74, 6) is -0.471. The third-order valence-electron chi connectivity index (χ3n) is 5.58. The maximum absolute atomic E-state index is 12.3. The molecule has 1 saturated carbocycles. The van der Waals surface area contributed by atoms with Crippen LogP contribution in [0, 0.1) is 11.8 Å². The summed E-state index contributed by atoms with van der Waals surface area (Å²) in [4.78, 5) is 24.6. The van der Waals surface area contributed by atoms with Crippen molar-refractivity contribution >= 4 is 11.9 Å². The quantitative estimate of drug-likeness (QED) is 0.249. The number of hydrogen-bond donors (Lipinski definition) is 0. The predicted octanol–water partition coefficient (Wildman–Crippen LogP) is 6.21. The Morgan fingerprint density at radius 3 is 1.52 bits per heavy atom. The molecule has 0 saturated heterocycles. The van der Waals surface area contributed by atoms with Gasteiger partial charge in [0, 0.05) is 0 Å². The summed E-state index contributed by atoms with van der Waals surface area (Å²) >= 11 is 0. The van der Waals surface area contributed by atoms with Crippen LogP contribution in [0.15, 0.2) is 0 Å². The van der Waals surface area contributed by atoms with Gasteiger partial charge < -0.3 is 9.47 Å². The second-order valence-electron chi connectivity index (χ2n) is 8.08. The second-order valence-corrected chi connectivity index (χ2v) is 8.08. The molecule has 0 spiro atoms. The number of hydrogen-bond acceptors (Lipinski definition) is 4. The van der Waals surface area contributed by atoms with Gasteiger partial charge in [0.05, 0.1) is 25.0 Å².